The molecule has 1 rings (SSSR count). The molecule has 0 radical (unpaired) electrons. The normalized spacial score (nSPS) is 12.2. The lowest BCUT2D eigenvalue weighted by Gasteiger charge is -2.16. The van der Waals surface area contributed by atoms with E-state index in [9.17, 15) is 4.79 Å². The van der Waals surface area contributed by atoms with Crippen LogP contribution in [0, 0.1) is 6.92 Å². The topological polar surface area (TPSA) is 38.3 Å². The number of carbonyl (C=O) groups excluding carboxylic acids is 1. The van der Waals surface area contributed by atoms with Crippen molar-refractivity contribution in [3.63, 3.8) is 0 Å². The highest BCUT2D eigenvalue weighted by Crippen LogP contribution is 2.16. The van der Waals surface area contributed by atoms with Crippen LogP contribution in [0.1, 0.15) is 43.9 Å². The van der Waals surface area contributed by atoms with Crippen LogP contribution < -0.4 is 5.32 Å². The van der Waals surface area contributed by atoms with Gasteiger partial charge in [0, 0.05) is 6.04 Å². The summed E-state index contributed by atoms with van der Waals surface area (Å²) in [6, 6.07) is 8.34. The molecule has 0 bridgehead atoms. The minimum absolute atomic E-state index is 0.157. The second-order valence-electron chi connectivity index (χ2n) is 4.53. The van der Waals surface area contributed by atoms with Gasteiger partial charge in [-0.25, -0.2) is 0 Å². The second kappa shape index (κ2) is 7.88. The molecule has 1 unspecified atom stereocenters. The third kappa shape index (κ3) is 4.88. The molecule has 1 aromatic carbocycles. The number of carbonyl (C=O) groups is 1. The third-order valence-corrected chi connectivity index (χ3v) is 2.97. The Morgan fingerprint density at radius 2 is 2.11 bits per heavy atom. The quantitative estimate of drug-likeness (QED) is 0.596. The number of esters is 1. The van der Waals surface area contributed by atoms with Gasteiger partial charge in [0.1, 0.15) is 0 Å². The molecule has 0 aliphatic carbocycles. The van der Waals surface area contributed by atoms with Gasteiger partial charge in [0.05, 0.1) is 13.2 Å². The van der Waals surface area contributed by atoms with Crippen molar-refractivity contribution in [3.05, 3.63) is 35.4 Å². The number of hydrogen-bond acceptors (Lipinski definition) is 3. The highest BCUT2D eigenvalue weighted by molar-refractivity contribution is 5.71. The lowest BCUT2D eigenvalue weighted by atomic mass is 10.0. The first-order valence-electron chi connectivity index (χ1n) is 6.59. The molecule has 1 atom stereocenters. The molecular formula is C15H23NO2. The minimum atomic E-state index is -0.177. The standard InChI is InChI=1S/C15H23NO2/c1-4-5-10-18-15(17)11-16-13(3)14-9-7-6-8-12(14)2/h6-9,13,16H,4-5,10-11H2,1-3H3. The fourth-order valence-corrected chi connectivity index (χ4v) is 1.80. The van der Waals surface area contributed by atoms with Crippen molar-refractivity contribution in [2.45, 2.75) is 39.7 Å². The van der Waals surface area contributed by atoms with Crippen LogP contribution in [0.5, 0.6) is 0 Å². The fraction of sp³-hybridized carbons (Fsp3) is 0.533. The molecule has 0 fully saturated rings. The zero-order valence-corrected chi connectivity index (χ0v) is 11.5. The molecule has 0 amide bonds. The summed E-state index contributed by atoms with van der Waals surface area (Å²) in [5, 5.41) is 3.19. The van der Waals surface area contributed by atoms with Crippen LogP contribution in [0.2, 0.25) is 0 Å². The van der Waals surface area contributed by atoms with Crippen molar-refractivity contribution in [1.29, 1.82) is 0 Å². The Morgan fingerprint density at radius 1 is 1.39 bits per heavy atom. The average Bonchev–Trinajstić information content (AvgIpc) is 2.37. The molecule has 0 saturated carbocycles. The summed E-state index contributed by atoms with van der Waals surface area (Å²) in [5.41, 5.74) is 2.45. The van der Waals surface area contributed by atoms with Crippen LogP contribution >= 0.6 is 0 Å². The van der Waals surface area contributed by atoms with E-state index in [1.54, 1.807) is 0 Å². The van der Waals surface area contributed by atoms with E-state index >= 15 is 0 Å². The number of aryl methyl sites for hydroxylation is 1. The lowest BCUT2D eigenvalue weighted by molar-refractivity contribution is -0.142. The molecule has 0 spiro atoms. The molecule has 3 heteroatoms. The predicted octanol–water partition coefficient (Wildman–Crippen LogP) is 2.99. The van der Waals surface area contributed by atoms with Crippen molar-refractivity contribution in [1.82, 2.24) is 5.32 Å². The van der Waals surface area contributed by atoms with Crippen molar-refractivity contribution in [2.75, 3.05) is 13.2 Å². The van der Waals surface area contributed by atoms with Gasteiger partial charge in [0.25, 0.3) is 0 Å². The molecule has 3 nitrogen and oxygen atoms in total. The Morgan fingerprint density at radius 3 is 2.78 bits per heavy atom. The molecule has 0 aromatic heterocycles. The van der Waals surface area contributed by atoms with Gasteiger partial charge in [-0.3, -0.25) is 4.79 Å². The molecule has 0 aliphatic rings. The predicted molar refractivity (Wildman–Crippen MR) is 73.5 cm³/mol. The smallest absolute Gasteiger partial charge is 0.319 e. The summed E-state index contributed by atoms with van der Waals surface area (Å²) in [6.07, 6.45) is 1.97. The van der Waals surface area contributed by atoms with Gasteiger partial charge in [-0.05, 0) is 31.4 Å². The molecule has 0 saturated heterocycles. The largest absolute Gasteiger partial charge is 0.465 e. The molecular weight excluding hydrogens is 226 g/mol. The molecule has 0 heterocycles. The first-order chi connectivity index (χ1) is 8.65. The summed E-state index contributed by atoms with van der Waals surface area (Å²) < 4.78 is 5.10. The highest BCUT2D eigenvalue weighted by Gasteiger charge is 2.09. The highest BCUT2D eigenvalue weighted by atomic mass is 16.5. The van der Waals surface area contributed by atoms with Crippen molar-refractivity contribution < 1.29 is 9.53 Å². The first kappa shape index (κ1) is 14.7. The molecule has 1 aromatic rings. The van der Waals surface area contributed by atoms with Crippen LogP contribution in [0.3, 0.4) is 0 Å². The summed E-state index contributed by atoms with van der Waals surface area (Å²) in [4.78, 5) is 11.5. The average molecular weight is 249 g/mol. The Labute approximate surface area is 110 Å². The van der Waals surface area contributed by atoms with E-state index in [-0.39, 0.29) is 18.6 Å². The maximum atomic E-state index is 11.5. The van der Waals surface area contributed by atoms with Gasteiger partial charge in [0.15, 0.2) is 0 Å². The van der Waals surface area contributed by atoms with E-state index in [0.29, 0.717) is 6.61 Å². The maximum Gasteiger partial charge on any atom is 0.319 e. The molecule has 0 aliphatic heterocycles. The number of ether oxygens (including phenoxy) is 1. The number of benzene rings is 1. The summed E-state index contributed by atoms with van der Waals surface area (Å²) in [5.74, 6) is -0.177. The fourth-order valence-electron chi connectivity index (χ4n) is 1.80. The van der Waals surface area contributed by atoms with Gasteiger partial charge in [-0.15, -0.1) is 0 Å². The van der Waals surface area contributed by atoms with Crippen LogP contribution in [-0.4, -0.2) is 19.1 Å². The molecule has 1 N–H and O–H groups in total. The maximum absolute atomic E-state index is 11.5. The zero-order valence-electron chi connectivity index (χ0n) is 11.5. The zero-order chi connectivity index (χ0) is 13.4. The van der Waals surface area contributed by atoms with E-state index in [1.807, 2.05) is 12.1 Å². The van der Waals surface area contributed by atoms with Crippen LogP contribution in [0.15, 0.2) is 24.3 Å². The van der Waals surface area contributed by atoms with Gasteiger partial charge >= 0.3 is 5.97 Å². The Balaban J connectivity index is 2.35. The summed E-state index contributed by atoms with van der Waals surface area (Å²) >= 11 is 0. The molecule has 100 valence electrons. The van der Waals surface area contributed by atoms with Crippen molar-refractivity contribution >= 4 is 5.97 Å². The van der Waals surface area contributed by atoms with E-state index in [0.717, 1.165) is 12.8 Å². The van der Waals surface area contributed by atoms with Crippen molar-refractivity contribution in [2.24, 2.45) is 0 Å². The van der Waals surface area contributed by atoms with E-state index in [1.165, 1.54) is 11.1 Å². The van der Waals surface area contributed by atoms with Crippen LogP contribution in [0.4, 0.5) is 0 Å². The first-order valence-corrected chi connectivity index (χ1v) is 6.59. The number of rotatable bonds is 7. The van der Waals surface area contributed by atoms with Gasteiger partial charge < -0.3 is 10.1 Å². The molecule has 18 heavy (non-hydrogen) atoms. The van der Waals surface area contributed by atoms with Crippen molar-refractivity contribution in [3.8, 4) is 0 Å². The van der Waals surface area contributed by atoms with E-state index in [4.69, 9.17) is 4.74 Å². The minimum Gasteiger partial charge on any atom is -0.465 e. The van der Waals surface area contributed by atoms with Gasteiger partial charge in [-0.1, -0.05) is 37.6 Å². The van der Waals surface area contributed by atoms with E-state index < -0.39 is 0 Å². The summed E-state index contributed by atoms with van der Waals surface area (Å²) in [6.45, 7) is 7.00. The van der Waals surface area contributed by atoms with Crippen LogP contribution in [0.25, 0.3) is 0 Å². The Hall–Kier alpha value is -1.35. The van der Waals surface area contributed by atoms with E-state index in [2.05, 4.69) is 38.2 Å². The number of nitrogens with one attached hydrogen (secondary N) is 1. The van der Waals surface area contributed by atoms with Gasteiger partial charge in [0.2, 0.25) is 0 Å². The SMILES string of the molecule is CCCCOC(=O)CNC(C)c1ccccc1C. The third-order valence-electron chi connectivity index (χ3n) is 2.97. The van der Waals surface area contributed by atoms with Gasteiger partial charge in [-0.2, -0.15) is 0 Å². The Kier molecular flexibility index (Phi) is 6.44. The number of hydrogen-bond donors (Lipinski definition) is 1. The number of unbranched alkanes of at least 4 members (excludes halogenated alkanes) is 1. The van der Waals surface area contributed by atoms with Crippen LogP contribution in [-0.2, 0) is 9.53 Å². The monoisotopic (exact) mass is 249 g/mol. The Bertz CT molecular complexity index is 377. The second-order valence-corrected chi connectivity index (χ2v) is 4.53. The summed E-state index contributed by atoms with van der Waals surface area (Å²) in [7, 11) is 0. The lowest BCUT2D eigenvalue weighted by Crippen LogP contribution is -2.27.